The van der Waals surface area contributed by atoms with E-state index in [1.807, 2.05) is 45.0 Å². The fourth-order valence-electron chi connectivity index (χ4n) is 3.10. The zero-order chi connectivity index (χ0) is 19.4. The fraction of sp³-hybridized carbons (Fsp3) is 0.500. The second-order valence-corrected chi connectivity index (χ2v) is 8.03. The van der Waals surface area contributed by atoms with Crippen LogP contribution in [-0.2, 0) is 10.2 Å². The van der Waals surface area contributed by atoms with Gasteiger partial charge in [0.2, 0.25) is 17.5 Å². The smallest absolute Gasteiger partial charge is 0.232 e. The number of hydrogen-bond acceptors (Lipinski definition) is 6. The number of nitriles is 1. The van der Waals surface area contributed by atoms with Gasteiger partial charge in [-0.2, -0.15) is 10.2 Å². The van der Waals surface area contributed by atoms with Crippen LogP contribution < -0.4 is 5.32 Å². The summed E-state index contributed by atoms with van der Waals surface area (Å²) in [5.74, 6) is 0.954. The van der Waals surface area contributed by atoms with E-state index in [4.69, 9.17) is 20.8 Å². The molecule has 3 rings (SSSR count). The summed E-state index contributed by atoms with van der Waals surface area (Å²) in [6, 6.07) is 10.0. The summed E-state index contributed by atoms with van der Waals surface area (Å²) >= 11 is 6.47. The molecule has 0 bridgehead atoms. The topological polar surface area (TPSA) is 74.3 Å². The number of nitrogens with one attached hydrogen (secondary N) is 1. The number of aromatic nitrogens is 1. The molecule has 0 saturated carbocycles. The number of halogens is 1. The second-order valence-electron chi connectivity index (χ2n) is 7.63. The van der Waals surface area contributed by atoms with Gasteiger partial charge in [0.1, 0.15) is 6.07 Å². The van der Waals surface area contributed by atoms with Crippen LogP contribution in [0.4, 0.5) is 5.88 Å². The van der Waals surface area contributed by atoms with E-state index in [9.17, 15) is 5.26 Å². The molecule has 0 unspecified atom stereocenters. The summed E-state index contributed by atoms with van der Waals surface area (Å²) in [4.78, 5) is 6.67. The van der Waals surface area contributed by atoms with Crippen molar-refractivity contribution in [2.45, 2.75) is 32.2 Å². The first-order valence-corrected chi connectivity index (χ1v) is 9.49. The number of nitrogens with zero attached hydrogens (tertiary/aromatic N) is 3. The highest BCUT2D eigenvalue weighted by atomic mass is 35.5. The van der Waals surface area contributed by atoms with Gasteiger partial charge in [-0.3, -0.25) is 4.90 Å². The summed E-state index contributed by atoms with van der Waals surface area (Å²) in [5.41, 5.74) is 1.06. The van der Waals surface area contributed by atoms with Gasteiger partial charge >= 0.3 is 0 Å². The molecule has 1 aliphatic rings. The molecule has 6 nitrogen and oxygen atoms in total. The largest absolute Gasteiger partial charge is 0.423 e. The van der Waals surface area contributed by atoms with Crippen LogP contribution in [0.5, 0.6) is 0 Å². The van der Waals surface area contributed by atoms with Gasteiger partial charge in [0, 0.05) is 30.1 Å². The van der Waals surface area contributed by atoms with E-state index in [1.54, 1.807) is 0 Å². The summed E-state index contributed by atoms with van der Waals surface area (Å²) in [5, 5.41) is 13.4. The maximum Gasteiger partial charge on any atom is 0.232 e. The first-order chi connectivity index (χ1) is 12.9. The molecule has 1 aromatic carbocycles. The third-order valence-electron chi connectivity index (χ3n) is 4.58. The summed E-state index contributed by atoms with van der Waals surface area (Å²) in [7, 11) is 0. The summed E-state index contributed by atoms with van der Waals surface area (Å²) in [6.07, 6.45) is 0. The Bertz CT molecular complexity index is 816. The highest BCUT2D eigenvalue weighted by Gasteiger charge is 2.27. The number of morpholine rings is 1. The summed E-state index contributed by atoms with van der Waals surface area (Å²) < 4.78 is 11.3. The molecule has 7 heteroatoms. The third-order valence-corrected chi connectivity index (χ3v) is 4.93. The Balaban J connectivity index is 1.84. The summed E-state index contributed by atoms with van der Waals surface area (Å²) in [6.45, 7) is 9.61. The van der Waals surface area contributed by atoms with Crippen molar-refractivity contribution in [2.24, 2.45) is 0 Å². The average molecular weight is 389 g/mol. The lowest BCUT2D eigenvalue weighted by molar-refractivity contribution is 0.0186. The van der Waals surface area contributed by atoms with Crippen molar-refractivity contribution < 1.29 is 9.15 Å². The lowest BCUT2D eigenvalue weighted by atomic mass is 9.97. The number of hydrogen-bond donors (Lipinski definition) is 1. The molecule has 1 N–H and O–H groups in total. The van der Waals surface area contributed by atoms with E-state index in [2.05, 4.69) is 21.3 Å². The van der Waals surface area contributed by atoms with E-state index in [-0.39, 0.29) is 17.2 Å². The van der Waals surface area contributed by atoms with Crippen molar-refractivity contribution in [3.8, 4) is 6.07 Å². The SMILES string of the molecule is CC(C)(C)c1nc(C#N)c(NC[C@H](c2ccccc2Cl)N2CCOCC2)o1. The van der Waals surface area contributed by atoms with Gasteiger partial charge in [0.15, 0.2) is 0 Å². The average Bonchev–Trinajstić information content (AvgIpc) is 3.08. The third kappa shape index (κ3) is 4.62. The van der Waals surface area contributed by atoms with Gasteiger partial charge in [0.05, 0.1) is 19.3 Å². The van der Waals surface area contributed by atoms with Crippen LogP contribution in [0.3, 0.4) is 0 Å². The molecule has 27 heavy (non-hydrogen) atoms. The number of ether oxygens (including phenoxy) is 1. The first kappa shape index (κ1) is 19.7. The molecule has 2 aromatic rings. The van der Waals surface area contributed by atoms with Crippen LogP contribution in [0.1, 0.15) is 44.0 Å². The van der Waals surface area contributed by atoms with Gasteiger partial charge in [-0.1, -0.05) is 50.6 Å². The predicted molar refractivity (Wildman–Crippen MR) is 105 cm³/mol. The van der Waals surface area contributed by atoms with E-state index in [0.717, 1.165) is 23.7 Å². The minimum Gasteiger partial charge on any atom is -0.423 e. The molecule has 1 aliphatic heterocycles. The van der Waals surface area contributed by atoms with Crippen molar-refractivity contribution in [3.05, 3.63) is 46.4 Å². The van der Waals surface area contributed by atoms with Gasteiger partial charge in [-0.25, -0.2) is 0 Å². The highest BCUT2D eigenvalue weighted by Crippen LogP contribution is 2.31. The van der Waals surface area contributed by atoms with Crippen molar-refractivity contribution in [2.75, 3.05) is 38.2 Å². The second kappa shape index (κ2) is 8.30. The Hall–Kier alpha value is -2.07. The Morgan fingerprint density at radius 3 is 2.63 bits per heavy atom. The lowest BCUT2D eigenvalue weighted by Gasteiger charge is -2.35. The van der Waals surface area contributed by atoms with E-state index in [0.29, 0.717) is 31.5 Å². The molecule has 144 valence electrons. The van der Waals surface area contributed by atoms with Crippen LogP contribution in [0.2, 0.25) is 5.02 Å². The number of rotatable bonds is 5. The predicted octanol–water partition coefficient (Wildman–Crippen LogP) is 3.98. The standard InChI is InChI=1S/C20H25ClN4O2/c1-20(2,3)19-24-16(12-22)18(27-19)23-13-17(25-8-10-26-11-9-25)14-6-4-5-7-15(14)21/h4-7,17,23H,8-11,13H2,1-3H3/t17-/m1/s1. The minimum absolute atomic E-state index is 0.0392. The van der Waals surface area contributed by atoms with Crippen molar-refractivity contribution in [1.29, 1.82) is 5.26 Å². The molecular weight excluding hydrogens is 364 g/mol. The molecule has 1 atom stereocenters. The molecule has 1 fully saturated rings. The molecule has 0 aliphatic carbocycles. The molecule has 0 radical (unpaired) electrons. The van der Waals surface area contributed by atoms with Crippen LogP contribution in [-0.4, -0.2) is 42.7 Å². The highest BCUT2D eigenvalue weighted by molar-refractivity contribution is 6.31. The normalized spacial score (nSPS) is 16.7. The van der Waals surface area contributed by atoms with Gasteiger partial charge < -0.3 is 14.5 Å². The Labute approximate surface area is 165 Å². The van der Waals surface area contributed by atoms with Crippen molar-refractivity contribution >= 4 is 17.5 Å². The van der Waals surface area contributed by atoms with Crippen molar-refractivity contribution in [1.82, 2.24) is 9.88 Å². The van der Waals surface area contributed by atoms with E-state index in [1.165, 1.54) is 0 Å². The maximum absolute atomic E-state index is 9.41. The molecular formula is C20H25ClN4O2. The number of oxazole rings is 1. The van der Waals surface area contributed by atoms with E-state index < -0.39 is 0 Å². The van der Waals surface area contributed by atoms with Crippen LogP contribution in [0, 0.1) is 11.3 Å². The zero-order valence-electron chi connectivity index (χ0n) is 16.0. The fourth-order valence-corrected chi connectivity index (χ4v) is 3.36. The van der Waals surface area contributed by atoms with Gasteiger partial charge in [0.25, 0.3) is 0 Å². The quantitative estimate of drug-likeness (QED) is 0.834. The van der Waals surface area contributed by atoms with Crippen molar-refractivity contribution in [3.63, 3.8) is 0 Å². The van der Waals surface area contributed by atoms with Gasteiger partial charge in [-0.05, 0) is 11.6 Å². The first-order valence-electron chi connectivity index (χ1n) is 9.11. The Morgan fingerprint density at radius 2 is 2.00 bits per heavy atom. The monoisotopic (exact) mass is 388 g/mol. The molecule has 2 heterocycles. The zero-order valence-corrected chi connectivity index (χ0v) is 16.7. The molecule has 0 amide bonds. The van der Waals surface area contributed by atoms with E-state index >= 15 is 0 Å². The van der Waals surface area contributed by atoms with Crippen LogP contribution in [0.15, 0.2) is 28.7 Å². The number of benzene rings is 1. The van der Waals surface area contributed by atoms with Crippen LogP contribution >= 0.6 is 11.6 Å². The maximum atomic E-state index is 9.41. The van der Waals surface area contributed by atoms with Crippen LogP contribution in [0.25, 0.3) is 0 Å². The van der Waals surface area contributed by atoms with Gasteiger partial charge in [-0.15, -0.1) is 0 Å². The molecule has 1 aromatic heterocycles. The Morgan fingerprint density at radius 1 is 1.30 bits per heavy atom. The Kier molecular flexibility index (Phi) is 6.05. The molecule has 1 saturated heterocycles. The number of anilines is 1. The lowest BCUT2D eigenvalue weighted by Crippen LogP contribution is -2.41. The minimum atomic E-state index is -0.266. The molecule has 0 spiro atoms.